The van der Waals surface area contributed by atoms with Crippen LogP contribution in [0.2, 0.25) is 0 Å². The second-order valence-corrected chi connectivity index (χ2v) is 14.4. The number of aliphatic hydroxyl groups is 1. The van der Waals surface area contributed by atoms with Crippen LogP contribution in [0.15, 0.2) is 72.9 Å². The first kappa shape index (κ1) is 48.5. The van der Waals surface area contributed by atoms with Gasteiger partial charge in [-0.2, -0.15) is 0 Å². The molecule has 0 fully saturated rings. The van der Waals surface area contributed by atoms with Crippen LogP contribution in [0.3, 0.4) is 0 Å². The van der Waals surface area contributed by atoms with E-state index in [4.69, 9.17) is 19.3 Å². The van der Waals surface area contributed by atoms with Crippen LogP contribution in [-0.4, -0.2) is 52.3 Å². The van der Waals surface area contributed by atoms with Crippen molar-refractivity contribution < 1.29 is 43.0 Å². The van der Waals surface area contributed by atoms with Crippen LogP contribution < -0.4 is 0 Å². The minimum Gasteiger partial charge on any atom is -0.462 e. The average Bonchev–Trinajstić information content (AvgIpc) is 3.07. The van der Waals surface area contributed by atoms with Crippen molar-refractivity contribution in [1.82, 2.24) is 0 Å². The minimum atomic E-state index is -4.78. The molecule has 3 N–H and O–H groups in total. The Morgan fingerprint density at radius 1 is 0.667 bits per heavy atom. The van der Waals surface area contributed by atoms with Crippen molar-refractivity contribution in [3.05, 3.63) is 72.9 Å². The van der Waals surface area contributed by atoms with Gasteiger partial charge in [0, 0.05) is 12.8 Å². The predicted molar refractivity (Wildman–Crippen MR) is 208 cm³/mol. The number of phosphoric ester groups is 1. The van der Waals surface area contributed by atoms with Gasteiger partial charge in [-0.15, -0.1) is 0 Å². The molecule has 292 valence electrons. The summed E-state index contributed by atoms with van der Waals surface area (Å²) in [6, 6.07) is 0. The molecule has 0 saturated heterocycles. The zero-order valence-corrected chi connectivity index (χ0v) is 32.6. The molecule has 10 heteroatoms. The highest BCUT2D eigenvalue weighted by atomic mass is 31.2. The summed E-state index contributed by atoms with van der Waals surface area (Å²) in [6.07, 6.45) is 39.8. The Kier molecular flexibility index (Phi) is 32.8. The molecule has 0 amide bonds. The van der Waals surface area contributed by atoms with E-state index in [1.807, 2.05) is 48.6 Å². The van der Waals surface area contributed by atoms with E-state index >= 15 is 0 Å². The summed E-state index contributed by atoms with van der Waals surface area (Å²) in [5.41, 5.74) is 0. The number of carbonyl (C=O) groups is 2. The number of ether oxygens (including phenoxy) is 2. The van der Waals surface area contributed by atoms with Crippen molar-refractivity contribution in [2.45, 2.75) is 155 Å². The molecule has 1 unspecified atom stereocenters. The first-order chi connectivity index (χ1) is 24.5. The monoisotopic (exact) mass is 736 g/mol. The Bertz CT molecular complexity index is 1080. The lowest BCUT2D eigenvalue weighted by atomic mass is 10.0. The third-order valence-corrected chi connectivity index (χ3v) is 8.25. The maximum atomic E-state index is 12.4. The zero-order valence-electron chi connectivity index (χ0n) is 31.7. The molecular formula is C41H69O9P. The van der Waals surface area contributed by atoms with Crippen LogP contribution in [0.25, 0.3) is 0 Å². The lowest BCUT2D eigenvalue weighted by molar-refractivity contribution is -0.161. The smallest absolute Gasteiger partial charge is 0.462 e. The van der Waals surface area contributed by atoms with Gasteiger partial charge in [0.25, 0.3) is 0 Å². The highest BCUT2D eigenvalue weighted by Gasteiger charge is 2.22. The SMILES string of the molecule is CC/C=C\CC(O)/C=C/C=C/C/C=C\C/C=C\C/C=C\CCC(=O)OC[C@H](COP(=O)(O)O)OC(=O)CCCCCCCCCCCCC(C)C. The summed E-state index contributed by atoms with van der Waals surface area (Å²) in [7, 11) is -4.78. The number of carbonyl (C=O) groups excluding carboxylic acids is 2. The van der Waals surface area contributed by atoms with E-state index in [2.05, 4.69) is 43.5 Å². The van der Waals surface area contributed by atoms with Crippen LogP contribution in [0, 0.1) is 5.92 Å². The molecule has 0 aromatic heterocycles. The number of aliphatic hydroxyl groups excluding tert-OH is 1. The van der Waals surface area contributed by atoms with Crippen LogP contribution in [0.1, 0.15) is 143 Å². The number of phosphoric acid groups is 1. The lowest BCUT2D eigenvalue weighted by Gasteiger charge is -2.18. The van der Waals surface area contributed by atoms with E-state index in [9.17, 15) is 19.3 Å². The molecule has 0 aromatic rings. The van der Waals surface area contributed by atoms with Gasteiger partial charge in [-0.1, -0.05) is 158 Å². The summed E-state index contributed by atoms with van der Waals surface area (Å²) >= 11 is 0. The molecule has 0 radical (unpaired) electrons. The molecule has 0 aliphatic rings. The molecule has 0 saturated carbocycles. The Morgan fingerprint density at radius 2 is 1.24 bits per heavy atom. The number of unbranched alkanes of at least 4 members (excludes halogenated alkanes) is 9. The molecule has 0 aliphatic carbocycles. The van der Waals surface area contributed by atoms with Gasteiger partial charge in [0.1, 0.15) is 6.61 Å². The molecule has 0 aliphatic heterocycles. The van der Waals surface area contributed by atoms with Gasteiger partial charge in [0.2, 0.25) is 0 Å². The van der Waals surface area contributed by atoms with E-state index in [1.165, 1.54) is 44.9 Å². The third kappa shape index (κ3) is 38.5. The Labute approximate surface area is 309 Å². The van der Waals surface area contributed by atoms with Crippen LogP contribution in [0.5, 0.6) is 0 Å². The standard InChI is InChI=1S/C41H69O9P/c1-4-5-25-31-38(42)32-27-22-18-14-9-7-6-8-10-15-19-23-28-33-40(43)48-35-39(36-49-51(45,46)47)50-41(44)34-29-24-20-16-12-11-13-17-21-26-30-37(2)3/h5,7-10,18-19,22-23,25,27,32,37-39,42H,4,6,11-17,20-21,24,26,28-31,33-36H2,1-3H3,(H2,45,46,47)/b9-7-,10-8-,22-18+,23-19-,25-5-,32-27+/t38?,39-/m1/s1. The quantitative estimate of drug-likeness (QED) is 0.0197. The topological polar surface area (TPSA) is 140 Å². The van der Waals surface area contributed by atoms with E-state index in [-0.39, 0.29) is 19.4 Å². The van der Waals surface area contributed by atoms with Gasteiger partial charge in [0.15, 0.2) is 6.10 Å². The average molecular weight is 737 g/mol. The largest absolute Gasteiger partial charge is 0.469 e. The summed E-state index contributed by atoms with van der Waals surface area (Å²) in [5, 5.41) is 9.80. The normalized spacial score (nSPS) is 14.0. The molecule has 51 heavy (non-hydrogen) atoms. The van der Waals surface area contributed by atoms with E-state index in [0.717, 1.165) is 50.9 Å². The molecule has 9 nitrogen and oxygen atoms in total. The van der Waals surface area contributed by atoms with Gasteiger partial charge >= 0.3 is 19.8 Å². The molecule has 0 bridgehead atoms. The molecular weight excluding hydrogens is 667 g/mol. The zero-order chi connectivity index (χ0) is 37.8. The maximum Gasteiger partial charge on any atom is 0.469 e. The molecule has 0 spiro atoms. The lowest BCUT2D eigenvalue weighted by Crippen LogP contribution is -2.29. The fourth-order valence-electron chi connectivity index (χ4n) is 4.90. The van der Waals surface area contributed by atoms with Gasteiger partial charge in [-0.25, -0.2) is 4.57 Å². The van der Waals surface area contributed by atoms with Crippen LogP contribution in [-0.2, 0) is 28.2 Å². The van der Waals surface area contributed by atoms with Crippen molar-refractivity contribution in [1.29, 1.82) is 0 Å². The second-order valence-electron chi connectivity index (χ2n) is 13.2. The van der Waals surface area contributed by atoms with Crippen molar-refractivity contribution in [3.8, 4) is 0 Å². The van der Waals surface area contributed by atoms with Crippen LogP contribution in [0.4, 0.5) is 0 Å². The van der Waals surface area contributed by atoms with Crippen molar-refractivity contribution >= 4 is 19.8 Å². The van der Waals surface area contributed by atoms with E-state index < -0.39 is 38.6 Å². The van der Waals surface area contributed by atoms with Crippen molar-refractivity contribution in [2.24, 2.45) is 5.92 Å². The number of esters is 2. The van der Waals surface area contributed by atoms with E-state index in [0.29, 0.717) is 19.3 Å². The Balaban J connectivity index is 4.15. The van der Waals surface area contributed by atoms with Crippen molar-refractivity contribution in [2.75, 3.05) is 13.2 Å². The van der Waals surface area contributed by atoms with Gasteiger partial charge in [-0.3, -0.25) is 14.1 Å². The first-order valence-corrected chi connectivity index (χ1v) is 20.7. The molecule has 2 atom stereocenters. The van der Waals surface area contributed by atoms with Gasteiger partial charge < -0.3 is 24.4 Å². The summed E-state index contributed by atoms with van der Waals surface area (Å²) < 4.78 is 26.2. The molecule has 0 heterocycles. The van der Waals surface area contributed by atoms with Gasteiger partial charge in [0.05, 0.1) is 12.7 Å². The number of hydrogen-bond acceptors (Lipinski definition) is 7. The second kappa shape index (κ2) is 34.5. The fraction of sp³-hybridized carbons (Fsp3) is 0.659. The van der Waals surface area contributed by atoms with Gasteiger partial charge in [-0.05, 0) is 50.9 Å². The summed E-state index contributed by atoms with van der Waals surface area (Å²) in [5.74, 6) is -0.223. The number of hydrogen-bond donors (Lipinski definition) is 3. The maximum absolute atomic E-state index is 12.4. The summed E-state index contributed by atoms with van der Waals surface area (Å²) in [4.78, 5) is 42.7. The molecule has 0 aromatic carbocycles. The predicted octanol–water partition coefficient (Wildman–Crippen LogP) is 10.3. The Morgan fingerprint density at radius 3 is 1.82 bits per heavy atom. The highest BCUT2D eigenvalue weighted by molar-refractivity contribution is 7.46. The van der Waals surface area contributed by atoms with E-state index in [1.54, 1.807) is 6.08 Å². The third-order valence-electron chi connectivity index (χ3n) is 7.76. The minimum absolute atomic E-state index is 0.124. The summed E-state index contributed by atoms with van der Waals surface area (Å²) in [6.45, 7) is 5.69. The highest BCUT2D eigenvalue weighted by Crippen LogP contribution is 2.36. The fourth-order valence-corrected chi connectivity index (χ4v) is 5.26. The number of rotatable bonds is 33. The molecule has 0 rings (SSSR count). The number of allylic oxidation sites excluding steroid dienone is 10. The van der Waals surface area contributed by atoms with Crippen LogP contribution >= 0.6 is 7.82 Å². The first-order valence-electron chi connectivity index (χ1n) is 19.2. The van der Waals surface area contributed by atoms with Crippen molar-refractivity contribution in [3.63, 3.8) is 0 Å². The Hall–Kier alpha value is -2.55.